The Morgan fingerprint density at radius 3 is 2.81 bits per heavy atom. The molecule has 172 valence electrons. The maximum atomic E-state index is 12.7. The van der Waals surface area contributed by atoms with Crippen molar-refractivity contribution in [2.24, 2.45) is 5.92 Å². The Morgan fingerprint density at radius 1 is 1.32 bits per heavy atom. The first-order chi connectivity index (χ1) is 14.7. The molecule has 0 unspecified atom stereocenters. The standard InChI is InChI=1S/C22H27F3O6/c23-22(24,25)15-6-5-7-17(12-15)30-13-16(26)10-11-20-18(19(27)14-31-20)8-3-1-2-4-9-21(28)29/h1,3,5-7,10-12,16,18-20,26-27H,2,4,8-9,13-14H2,(H,28,29)/b3-1-,11-10+/t16-,18+,19+,20-/m1/s1. The van der Waals surface area contributed by atoms with E-state index in [4.69, 9.17) is 14.6 Å². The normalized spacial score (nSPS) is 22.9. The molecule has 1 saturated heterocycles. The molecule has 1 aliphatic rings. The third-order valence-corrected chi connectivity index (χ3v) is 4.82. The number of allylic oxidation sites excluding steroid dienone is 2. The maximum Gasteiger partial charge on any atom is 0.416 e. The minimum atomic E-state index is -4.47. The lowest BCUT2D eigenvalue weighted by molar-refractivity contribution is -0.138. The van der Waals surface area contributed by atoms with Crippen molar-refractivity contribution in [1.29, 1.82) is 0 Å². The minimum absolute atomic E-state index is 0.000672. The van der Waals surface area contributed by atoms with Crippen LogP contribution in [0.4, 0.5) is 13.2 Å². The molecule has 31 heavy (non-hydrogen) atoms. The topological polar surface area (TPSA) is 96.2 Å². The molecule has 9 heteroatoms. The summed E-state index contributed by atoms with van der Waals surface area (Å²) in [6, 6.07) is 4.41. The predicted molar refractivity (Wildman–Crippen MR) is 107 cm³/mol. The summed E-state index contributed by atoms with van der Waals surface area (Å²) in [5.74, 6) is -1.06. The molecule has 0 radical (unpaired) electrons. The highest BCUT2D eigenvalue weighted by Gasteiger charge is 2.33. The number of benzene rings is 1. The van der Waals surface area contributed by atoms with Crippen molar-refractivity contribution in [3.05, 3.63) is 54.1 Å². The first-order valence-corrected chi connectivity index (χ1v) is 9.99. The van der Waals surface area contributed by atoms with Crippen LogP contribution in [0, 0.1) is 5.92 Å². The Morgan fingerprint density at radius 2 is 2.10 bits per heavy atom. The van der Waals surface area contributed by atoms with Crippen LogP contribution in [0.15, 0.2) is 48.6 Å². The van der Waals surface area contributed by atoms with Crippen molar-refractivity contribution in [3.8, 4) is 5.75 Å². The van der Waals surface area contributed by atoms with Gasteiger partial charge in [0.25, 0.3) is 0 Å². The van der Waals surface area contributed by atoms with Crippen LogP contribution in [0.3, 0.4) is 0 Å². The van der Waals surface area contributed by atoms with Crippen LogP contribution in [-0.4, -0.2) is 52.8 Å². The highest BCUT2D eigenvalue weighted by molar-refractivity contribution is 5.66. The molecule has 0 bridgehead atoms. The van der Waals surface area contributed by atoms with E-state index in [9.17, 15) is 28.2 Å². The zero-order valence-corrected chi connectivity index (χ0v) is 16.9. The zero-order valence-electron chi connectivity index (χ0n) is 16.9. The smallest absolute Gasteiger partial charge is 0.416 e. The number of hydrogen-bond acceptors (Lipinski definition) is 5. The number of carbonyl (C=O) groups is 1. The Hall–Kier alpha value is -2.36. The van der Waals surface area contributed by atoms with Gasteiger partial charge in [-0.1, -0.05) is 30.4 Å². The largest absolute Gasteiger partial charge is 0.491 e. The van der Waals surface area contributed by atoms with Gasteiger partial charge in [-0.2, -0.15) is 13.2 Å². The molecule has 1 aromatic carbocycles. The van der Waals surface area contributed by atoms with Crippen LogP contribution in [0.5, 0.6) is 5.75 Å². The van der Waals surface area contributed by atoms with Gasteiger partial charge in [-0.3, -0.25) is 4.79 Å². The number of unbranched alkanes of at least 4 members (excludes halogenated alkanes) is 1. The van der Waals surface area contributed by atoms with Crippen LogP contribution in [0.2, 0.25) is 0 Å². The van der Waals surface area contributed by atoms with Crippen molar-refractivity contribution >= 4 is 5.97 Å². The number of aliphatic hydroxyl groups is 2. The van der Waals surface area contributed by atoms with Crippen molar-refractivity contribution in [3.63, 3.8) is 0 Å². The van der Waals surface area contributed by atoms with E-state index in [-0.39, 0.29) is 31.3 Å². The molecule has 0 spiro atoms. The van der Waals surface area contributed by atoms with Gasteiger partial charge in [0.15, 0.2) is 0 Å². The van der Waals surface area contributed by atoms with Crippen LogP contribution in [-0.2, 0) is 15.7 Å². The van der Waals surface area contributed by atoms with E-state index in [2.05, 4.69) is 0 Å². The number of hydrogen-bond donors (Lipinski definition) is 3. The van der Waals surface area contributed by atoms with Crippen molar-refractivity contribution in [2.75, 3.05) is 13.2 Å². The molecule has 0 aromatic heterocycles. The second-order valence-electron chi connectivity index (χ2n) is 7.31. The fourth-order valence-electron chi connectivity index (χ4n) is 3.14. The Kier molecular flexibility index (Phi) is 9.54. The van der Waals surface area contributed by atoms with Gasteiger partial charge in [0.1, 0.15) is 18.5 Å². The second kappa shape index (κ2) is 11.9. The molecule has 3 N–H and O–H groups in total. The highest BCUT2D eigenvalue weighted by Crippen LogP contribution is 2.31. The molecular formula is C22H27F3O6. The predicted octanol–water partition coefficient (Wildman–Crippen LogP) is 3.58. The molecule has 0 amide bonds. The van der Waals surface area contributed by atoms with E-state index in [1.807, 2.05) is 12.2 Å². The van der Waals surface area contributed by atoms with Gasteiger partial charge in [-0.25, -0.2) is 0 Å². The fourth-order valence-corrected chi connectivity index (χ4v) is 3.14. The lowest BCUT2D eigenvalue weighted by atomic mass is 9.94. The number of halogens is 3. The first kappa shape index (κ1) is 24.9. The lowest BCUT2D eigenvalue weighted by Crippen LogP contribution is -2.23. The van der Waals surface area contributed by atoms with Crippen molar-refractivity contribution in [1.82, 2.24) is 0 Å². The van der Waals surface area contributed by atoms with E-state index in [0.717, 1.165) is 12.1 Å². The van der Waals surface area contributed by atoms with Gasteiger partial charge in [-0.15, -0.1) is 0 Å². The third-order valence-electron chi connectivity index (χ3n) is 4.82. The Labute approximate surface area is 178 Å². The molecule has 1 aromatic rings. The van der Waals surface area contributed by atoms with Crippen LogP contribution >= 0.6 is 0 Å². The van der Waals surface area contributed by atoms with Crippen LogP contribution in [0.25, 0.3) is 0 Å². The van der Waals surface area contributed by atoms with Crippen LogP contribution in [0.1, 0.15) is 31.2 Å². The average Bonchev–Trinajstić information content (AvgIpc) is 3.06. The highest BCUT2D eigenvalue weighted by atomic mass is 19.4. The maximum absolute atomic E-state index is 12.7. The fraction of sp³-hybridized carbons (Fsp3) is 0.500. The SMILES string of the molecule is O=C(O)CCC/C=C\C[C@H]1[C@@H](O)CO[C@@H]1/C=C/[C@@H](O)COc1cccc(C(F)(F)F)c1. The molecule has 1 heterocycles. The summed E-state index contributed by atoms with van der Waals surface area (Å²) in [4.78, 5) is 10.5. The first-order valence-electron chi connectivity index (χ1n) is 9.99. The van der Waals surface area contributed by atoms with E-state index in [1.165, 1.54) is 18.2 Å². The zero-order chi connectivity index (χ0) is 22.9. The quantitative estimate of drug-likeness (QED) is 0.357. The summed E-state index contributed by atoms with van der Waals surface area (Å²) >= 11 is 0. The molecular weight excluding hydrogens is 417 g/mol. The van der Waals surface area contributed by atoms with Gasteiger partial charge in [-0.05, 0) is 37.5 Å². The van der Waals surface area contributed by atoms with Gasteiger partial charge >= 0.3 is 12.1 Å². The number of alkyl halides is 3. The Bertz CT molecular complexity index is 762. The van der Waals surface area contributed by atoms with Crippen molar-refractivity contribution in [2.45, 2.75) is 50.2 Å². The summed E-state index contributed by atoms with van der Waals surface area (Å²) in [6.45, 7) is -0.0788. The molecule has 0 saturated carbocycles. The van der Waals surface area contributed by atoms with Gasteiger partial charge in [0.2, 0.25) is 0 Å². The number of ether oxygens (including phenoxy) is 2. The monoisotopic (exact) mass is 444 g/mol. The number of aliphatic hydroxyl groups excluding tert-OH is 2. The summed E-state index contributed by atoms with van der Waals surface area (Å²) in [5, 5.41) is 28.8. The van der Waals surface area contributed by atoms with E-state index < -0.39 is 36.0 Å². The molecule has 1 aliphatic heterocycles. The number of rotatable bonds is 11. The summed E-state index contributed by atoms with van der Waals surface area (Å²) < 4.78 is 49.0. The number of carboxylic acid groups (broad SMARTS) is 1. The van der Waals surface area contributed by atoms with Gasteiger partial charge < -0.3 is 24.8 Å². The summed E-state index contributed by atoms with van der Waals surface area (Å²) in [7, 11) is 0. The van der Waals surface area contributed by atoms with E-state index >= 15 is 0 Å². The van der Waals surface area contributed by atoms with Gasteiger partial charge in [0.05, 0.1) is 24.4 Å². The van der Waals surface area contributed by atoms with E-state index in [1.54, 1.807) is 6.08 Å². The lowest BCUT2D eigenvalue weighted by Gasteiger charge is -2.16. The Balaban J connectivity index is 1.81. The van der Waals surface area contributed by atoms with Crippen molar-refractivity contribution < 1.29 is 42.8 Å². The molecule has 1 fully saturated rings. The molecule has 4 atom stereocenters. The minimum Gasteiger partial charge on any atom is -0.491 e. The molecule has 2 rings (SSSR count). The summed E-state index contributed by atoms with van der Waals surface area (Å²) in [5.41, 5.74) is -0.831. The van der Waals surface area contributed by atoms with Crippen LogP contribution < -0.4 is 4.74 Å². The molecule has 6 nitrogen and oxygen atoms in total. The second-order valence-corrected chi connectivity index (χ2v) is 7.31. The van der Waals surface area contributed by atoms with E-state index in [0.29, 0.717) is 19.3 Å². The summed E-state index contributed by atoms with van der Waals surface area (Å²) in [6.07, 6.45) is 1.94. The molecule has 0 aliphatic carbocycles. The number of aliphatic carboxylic acids is 1. The number of carboxylic acids is 1. The third kappa shape index (κ3) is 8.72. The average molecular weight is 444 g/mol. The van der Waals surface area contributed by atoms with Gasteiger partial charge in [0, 0.05) is 12.3 Å².